The van der Waals surface area contributed by atoms with Crippen molar-refractivity contribution in [3.63, 3.8) is 0 Å². The van der Waals surface area contributed by atoms with Crippen LogP contribution in [0.1, 0.15) is 5.69 Å². The third-order valence-corrected chi connectivity index (χ3v) is 2.22. The summed E-state index contributed by atoms with van der Waals surface area (Å²) in [4.78, 5) is 0. The van der Waals surface area contributed by atoms with Crippen LogP contribution in [0.5, 0.6) is 0 Å². The summed E-state index contributed by atoms with van der Waals surface area (Å²) in [5.41, 5.74) is 2.09. The van der Waals surface area contributed by atoms with Gasteiger partial charge in [0.1, 0.15) is 5.69 Å². The molecule has 0 atom stereocenters. The fourth-order valence-corrected chi connectivity index (χ4v) is 1.51. The summed E-state index contributed by atoms with van der Waals surface area (Å²) >= 11 is 0. The van der Waals surface area contributed by atoms with E-state index < -0.39 is 34.9 Å². The molecule has 8 heteroatoms. The molecule has 0 aliphatic heterocycles. The highest BCUT2D eigenvalue weighted by atomic mass is 19.4. The predicted octanol–water partition coefficient (Wildman–Crippen LogP) is 2.75. The summed E-state index contributed by atoms with van der Waals surface area (Å²) in [7, 11) is 0. The quantitative estimate of drug-likeness (QED) is 0.804. The Labute approximate surface area is 97.6 Å². The zero-order valence-corrected chi connectivity index (χ0v) is 8.67. The second-order valence-corrected chi connectivity index (χ2v) is 3.43. The lowest BCUT2D eigenvalue weighted by Gasteiger charge is -2.12. The Balaban J connectivity index is 2.74. The average molecular weight is 263 g/mol. The van der Waals surface area contributed by atoms with Crippen LogP contribution < -0.4 is 5.73 Å². The maximum atomic E-state index is 13.4. The minimum absolute atomic E-state index is 0.111. The molecular weight excluding hydrogens is 257 g/mol. The molecule has 2 rings (SSSR count). The Morgan fingerprint density at radius 1 is 1.11 bits per heavy atom. The van der Waals surface area contributed by atoms with E-state index in [4.69, 9.17) is 5.73 Å². The molecule has 0 unspecified atom stereocenters. The molecule has 0 spiro atoms. The highest BCUT2D eigenvalue weighted by molar-refractivity contribution is 5.48. The van der Waals surface area contributed by atoms with Gasteiger partial charge in [-0.15, -0.1) is 0 Å². The zero-order chi connectivity index (χ0) is 13.5. The molecule has 0 saturated carbocycles. The van der Waals surface area contributed by atoms with Crippen LogP contribution in [0.25, 0.3) is 5.69 Å². The molecule has 0 fully saturated rings. The van der Waals surface area contributed by atoms with Crippen LogP contribution in [0, 0.1) is 11.6 Å². The number of halogens is 5. The second-order valence-electron chi connectivity index (χ2n) is 3.43. The summed E-state index contributed by atoms with van der Waals surface area (Å²) in [5.74, 6) is -2.33. The first-order valence-electron chi connectivity index (χ1n) is 4.67. The number of anilines is 1. The van der Waals surface area contributed by atoms with Gasteiger partial charge < -0.3 is 5.73 Å². The molecule has 0 aliphatic rings. The molecule has 1 aromatic heterocycles. The number of para-hydroxylation sites is 1. The van der Waals surface area contributed by atoms with Crippen molar-refractivity contribution < 1.29 is 22.0 Å². The molecule has 0 bridgehead atoms. The fourth-order valence-electron chi connectivity index (χ4n) is 1.51. The number of rotatable bonds is 1. The Morgan fingerprint density at radius 2 is 1.67 bits per heavy atom. The van der Waals surface area contributed by atoms with E-state index in [9.17, 15) is 22.0 Å². The summed E-state index contributed by atoms with van der Waals surface area (Å²) in [6.45, 7) is 0. The Morgan fingerprint density at radius 3 is 2.17 bits per heavy atom. The molecule has 1 aromatic carbocycles. The first-order valence-corrected chi connectivity index (χ1v) is 4.67. The molecule has 3 nitrogen and oxygen atoms in total. The number of alkyl halides is 3. The van der Waals surface area contributed by atoms with Crippen molar-refractivity contribution in [1.82, 2.24) is 9.78 Å². The number of benzene rings is 1. The van der Waals surface area contributed by atoms with Gasteiger partial charge in [0.25, 0.3) is 0 Å². The molecule has 0 amide bonds. The predicted molar refractivity (Wildman–Crippen MR) is 52.9 cm³/mol. The molecule has 2 N–H and O–H groups in total. The second kappa shape index (κ2) is 3.97. The average Bonchev–Trinajstić information content (AvgIpc) is 2.59. The van der Waals surface area contributed by atoms with Crippen LogP contribution in [0.4, 0.5) is 27.6 Å². The number of nitrogens with zero attached hydrogens (tertiary/aromatic N) is 2. The van der Waals surface area contributed by atoms with Gasteiger partial charge in [0, 0.05) is 0 Å². The molecule has 18 heavy (non-hydrogen) atoms. The van der Waals surface area contributed by atoms with Gasteiger partial charge in [0.05, 0.1) is 11.9 Å². The highest BCUT2D eigenvalue weighted by Crippen LogP contribution is 2.35. The molecule has 0 saturated heterocycles. The number of nitrogen functional groups attached to an aromatic ring is 1. The van der Waals surface area contributed by atoms with E-state index in [1.165, 1.54) is 0 Å². The Hall–Kier alpha value is -2.12. The Bertz CT molecular complexity index is 567. The minimum atomic E-state index is -4.87. The maximum absolute atomic E-state index is 13.4. The van der Waals surface area contributed by atoms with Crippen molar-refractivity contribution >= 4 is 5.69 Å². The van der Waals surface area contributed by atoms with E-state index in [1.54, 1.807) is 0 Å². The van der Waals surface area contributed by atoms with Gasteiger partial charge in [-0.05, 0) is 12.1 Å². The van der Waals surface area contributed by atoms with Crippen LogP contribution in [0.15, 0.2) is 24.4 Å². The first-order chi connectivity index (χ1) is 8.32. The number of hydrogen-bond donors (Lipinski definition) is 1. The van der Waals surface area contributed by atoms with Crippen LogP contribution >= 0.6 is 0 Å². The molecule has 0 aliphatic carbocycles. The summed E-state index contributed by atoms with van der Waals surface area (Å²) in [6.07, 6.45) is -4.18. The fraction of sp³-hybridized carbons (Fsp3) is 0.100. The lowest BCUT2D eigenvalue weighted by Crippen LogP contribution is -2.17. The first kappa shape index (κ1) is 12.3. The van der Waals surface area contributed by atoms with Gasteiger partial charge in [-0.2, -0.15) is 18.3 Å². The molecular formula is C10H6F5N3. The number of hydrogen-bond acceptors (Lipinski definition) is 2. The monoisotopic (exact) mass is 263 g/mol. The summed E-state index contributed by atoms with van der Waals surface area (Å²) in [5, 5.41) is 3.27. The molecule has 96 valence electrons. The van der Waals surface area contributed by atoms with Gasteiger partial charge >= 0.3 is 6.18 Å². The van der Waals surface area contributed by atoms with Crippen molar-refractivity contribution in [3.05, 3.63) is 41.7 Å². The van der Waals surface area contributed by atoms with Gasteiger partial charge in [0.2, 0.25) is 0 Å². The molecule has 0 radical (unpaired) electrons. The van der Waals surface area contributed by atoms with E-state index >= 15 is 0 Å². The van der Waals surface area contributed by atoms with Crippen molar-refractivity contribution in [3.8, 4) is 5.69 Å². The van der Waals surface area contributed by atoms with Crippen LogP contribution in [0.3, 0.4) is 0 Å². The molecule has 2 aromatic rings. The van der Waals surface area contributed by atoms with E-state index in [-0.39, 0.29) is 4.68 Å². The lowest BCUT2D eigenvalue weighted by atomic mass is 10.2. The van der Waals surface area contributed by atoms with Gasteiger partial charge in [-0.25, -0.2) is 13.5 Å². The van der Waals surface area contributed by atoms with Gasteiger partial charge in [0.15, 0.2) is 17.3 Å². The van der Waals surface area contributed by atoms with Crippen molar-refractivity contribution in [2.24, 2.45) is 0 Å². The van der Waals surface area contributed by atoms with Crippen molar-refractivity contribution in [2.75, 3.05) is 5.73 Å². The zero-order valence-electron chi connectivity index (χ0n) is 8.67. The number of aromatic nitrogens is 2. The highest BCUT2D eigenvalue weighted by Gasteiger charge is 2.39. The largest absolute Gasteiger partial charge is 0.435 e. The summed E-state index contributed by atoms with van der Waals surface area (Å²) in [6, 6.07) is 2.70. The van der Waals surface area contributed by atoms with E-state index in [0.717, 1.165) is 18.2 Å². The lowest BCUT2D eigenvalue weighted by molar-refractivity contribution is -0.142. The third-order valence-electron chi connectivity index (χ3n) is 2.22. The van der Waals surface area contributed by atoms with E-state index in [1.807, 2.05) is 0 Å². The standard InChI is InChI=1S/C10H6F5N3/c11-5-2-1-3-6(12)8(5)18-9(10(13,14)15)7(16)4-17-18/h1-4H,16H2. The smallest absolute Gasteiger partial charge is 0.396 e. The normalized spacial score (nSPS) is 11.8. The van der Waals surface area contributed by atoms with Crippen molar-refractivity contribution in [1.29, 1.82) is 0 Å². The van der Waals surface area contributed by atoms with Crippen LogP contribution in [-0.2, 0) is 6.18 Å². The number of nitrogens with two attached hydrogens (primary N) is 1. The van der Waals surface area contributed by atoms with Gasteiger partial charge in [-0.1, -0.05) is 6.07 Å². The van der Waals surface area contributed by atoms with Crippen LogP contribution in [0.2, 0.25) is 0 Å². The third kappa shape index (κ3) is 1.89. The topological polar surface area (TPSA) is 43.8 Å². The van der Waals surface area contributed by atoms with E-state index in [2.05, 4.69) is 5.10 Å². The maximum Gasteiger partial charge on any atom is 0.435 e. The van der Waals surface area contributed by atoms with Gasteiger partial charge in [-0.3, -0.25) is 0 Å². The SMILES string of the molecule is Nc1cnn(-c2c(F)cccc2F)c1C(F)(F)F. The van der Waals surface area contributed by atoms with Crippen LogP contribution in [-0.4, -0.2) is 9.78 Å². The Kier molecular flexibility index (Phi) is 2.72. The minimum Gasteiger partial charge on any atom is -0.396 e. The summed E-state index contributed by atoms with van der Waals surface area (Å²) < 4.78 is 65.0. The van der Waals surface area contributed by atoms with Crippen molar-refractivity contribution in [2.45, 2.75) is 6.18 Å². The van der Waals surface area contributed by atoms with E-state index in [0.29, 0.717) is 6.20 Å². The molecule has 1 heterocycles.